The minimum Gasteiger partial charge on any atom is -0.0622 e. The maximum atomic E-state index is 9.77. The summed E-state index contributed by atoms with van der Waals surface area (Å²) in [6.07, 6.45) is 0. The molecule has 0 saturated carbocycles. The zero-order valence-corrected chi connectivity index (χ0v) is 23.4. The minimum atomic E-state index is -0.548. The van der Waals surface area contributed by atoms with Gasteiger partial charge in [-0.15, -0.1) is 0 Å². The van der Waals surface area contributed by atoms with Crippen molar-refractivity contribution in [3.05, 3.63) is 158 Å². The van der Waals surface area contributed by atoms with Crippen LogP contribution in [-0.2, 0) is 0 Å². The fourth-order valence-corrected chi connectivity index (χ4v) is 7.05. The Balaban J connectivity index is 1.34. The molecule has 0 radical (unpaired) electrons. The van der Waals surface area contributed by atoms with Crippen LogP contribution in [0.1, 0.15) is 11.0 Å². The van der Waals surface area contributed by atoms with Crippen LogP contribution in [-0.4, -0.2) is 0 Å². The topological polar surface area (TPSA) is 0 Å². The van der Waals surface area contributed by atoms with Crippen molar-refractivity contribution in [2.45, 2.75) is 0 Å². The average Bonchev–Trinajstić information content (AvgIpc) is 3.15. The van der Waals surface area contributed by atoms with Gasteiger partial charge in [0.15, 0.2) is 0 Å². The van der Waals surface area contributed by atoms with Crippen LogP contribution in [0.15, 0.2) is 158 Å². The highest BCUT2D eigenvalue weighted by Gasteiger charge is 2.14. The van der Waals surface area contributed by atoms with Gasteiger partial charge in [-0.25, -0.2) is 0 Å². The van der Waals surface area contributed by atoms with Gasteiger partial charge in [-0.3, -0.25) is 0 Å². The monoisotopic (exact) mass is 562 g/mol. The van der Waals surface area contributed by atoms with E-state index in [0.717, 1.165) is 64.6 Å². The van der Waals surface area contributed by atoms with Crippen LogP contribution < -0.4 is 0 Å². The van der Waals surface area contributed by atoms with Crippen molar-refractivity contribution >= 4 is 64.6 Å². The van der Waals surface area contributed by atoms with Gasteiger partial charge in [0.2, 0.25) is 0 Å². The first kappa shape index (κ1) is 17.4. The van der Waals surface area contributed by atoms with Gasteiger partial charge < -0.3 is 0 Å². The van der Waals surface area contributed by atoms with Crippen molar-refractivity contribution in [3.8, 4) is 33.4 Å². The lowest BCUT2D eigenvalue weighted by molar-refractivity contribution is 1.59. The molecule has 44 heavy (non-hydrogen) atoms. The highest BCUT2D eigenvalue weighted by Crippen LogP contribution is 2.41. The van der Waals surface area contributed by atoms with Crippen LogP contribution in [0, 0.1) is 0 Å². The third kappa shape index (κ3) is 3.46. The van der Waals surface area contributed by atoms with Crippen LogP contribution >= 0.6 is 0 Å². The van der Waals surface area contributed by atoms with Gasteiger partial charge >= 0.3 is 0 Å². The highest BCUT2D eigenvalue weighted by atomic mass is 14.2. The molecule has 0 heteroatoms. The van der Waals surface area contributed by atoms with Gasteiger partial charge in [0.05, 0.1) is 11.0 Å². The van der Waals surface area contributed by atoms with Gasteiger partial charge in [-0.1, -0.05) is 115 Å². The molecular formula is C44H26. The molecule has 0 amide bonds. The summed E-state index contributed by atoms with van der Waals surface area (Å²) in [6, 6.07) is 33.5. The smallest absolute Gasteiger partial charge is 0.0622 e. The zero-order chi connectivity index (χ0) is 35.7. The molecule has 0 saturated heterocycles. The summed E-state index contributed by atoms with van der Waals surface area (Å²) in [7, 11) is 0. The first-order valence-electron chi connectivity index (χ1n) is 18.7. The van der Waals surface area contributed by atoms with E-state index in [-0.39, 0.29) is 40.4 Å². The van der Waals surface area contributed by atoms with E-state index in [1.807, 2.05) is 60.7 Å². The van der Waals surface area contributed by atoms with Crippen molar-refractivity contribution in [3.63, 3.8) is 0 Å². The number of hydrogen-bond acceptors (Lipinski definition) is 0. The second-order valence-corrected chi connectivity index (χ2v) is 11.5. The normalized spacial score (nSPS) is 14.6. The van der Waals surface area contributed by atoms with Crippen LogP contribution in [0.2, 0.25) is 0 Å². The van der Waals surface area contributed by atoms with Gasteiger partial charge in [0.1, 0.15) is 0 Å². The van der Waals surface area contributed by atoms with E-state index in [9.17, 15) is 4.11 Å². The largest absolute Gasteiger partial charge is 0.0636 e. The van der Waals surface area contributed by atoms with Gasteiger partial charge in [-0.05, 0) is 140 Å². The molecule has 0 fully saturated rings. The molecule has 0 bridgehead atoms. The highest BCUT2D eigenvalue weighted by molar-refractivity contribution is 6.25. The van der Waals surface area contributed by atoms with Crippen molar-refractivity contribution in [1.29, 1.82) is 0 Å². The molecule has 0 heterocycles. The molecule has 202 valence electrons. The van der Waals surface area contributed by atoms with Crippen molar-refractivity contribution in [2.24, 2.45) is 0 Å². The Hall–Kier alpha value is -5.72. The lowest BCUT2D eigenvalue weighted by Crippen LogP contribution is -1.89. The van der Waals surface area contributed by atoms with Crippen LogP contribution in [0.25, 0.3) is 98.0 Å². The van der Waals surface area contributed by atoms with E-state index in [1.165, 1.54) is 0 Å². The first-order chi connectivity index (χ1) is 25.1. The minimum absolute atomic E-state index is 0.0354. The Kier molecular flexibility index (Phi) is 3.52. The Morgan fingerprint density at radius 2 is 0.614 bits per heavy atom. The van der Waals surface area contributed by atoms with E-state index in [1.54, 1.807) is 0 Å². The molecule has 0 aromatic heterocycles. The molecule has 10 aromatic carbocycles. The Morgan fingerprint density at radius 3 is 1.00 bits per heavy atom. The molecule has 0 atom stereocenters. The van der Waals surface area contributed by atoms with Crippen LogP contribution in [0.3, 0.4) is 0 Å². The quantitative estimate of drug-likeness (QED) is 0.188. The van der Waals surface area contributed by atoms with Gasteiger partial charge in [0.25, 0.3) is 0 Å². The molecule has 0 aliphatic heterocycles. The molecular weight excluding hydrogens is 528 g/mol. The zero-order valence-electron chi connectivity index (χ0n) is 31.4. The maximum Gasteiger partial charge on any atom is 0.0636 e. The Labute approximate surface area is 266 Å². The van der Waals surface area contributed by atoms with E-state index >= 15 is 0 Å². The van der Waals surface area contributed by atoms with Crippen molar-refractivity contribution < 1.29 is 11.0 Å². The SMILES string of the molecule is [2H]c1c([2H])c([2H])c(-c2c([2H])c(-c3cc4ccc5cccc6ccc(c3)c4c56)c([2H])c(-c3cc4ccc5cccc6ccc(c3)c4c56)c2[2H])c([2H])c1[2H]. The summed E-state index contributed by atoms with van der Waals surface area (Å²) in [5, 5.41) is 12.6. The standard InChI is InChI=1S/C44H26/c1-2-6-27(7-3-1)36-24-39(37-20-32-16-12-28-8-4-9-29-13-17-33(21-37)43(32)41(28)29)26-40(25-36)38-22-34-18-14-30-10-5-11-31-15-19-35(23-38)44(34)42(30)31/h1-26H/i1D,2D,3D,6D,7D,24D,25D,26D. The summed E-state index contributed by atoms with van der Waals surface area (Å²) < 4.78 is 71.9. The fraction of sp³-hybridized carbons (Fsp3) is 0. The first-order valence-corrected chi connectivity index (χ1v) is 14.7. The third-order valence-electron chi connectivity index (χ3n) is 9.00. The summed E-state index contributed by atoms with van der Waals surface area (Å²) in [5.74, 6) is 0. The predicted molar refractivity (Wildman–Crippen MR) is 190 cm³/mol. The number of rotatable bonds is 3. The predicted octanol–water partition coefficient (Wildman–Crippen LogP) is 12.5. The van der Waals surface area contributed by atoms with Gasteiger partial charge in [0, 0.05) is 0 Å². The van der Waals surface area contributed by atoms with E-state index in [0.29, 0.717) is 11.1 Å². The fourth-order valence-electron chi connectivity index (χ4n) is 7.05. The Bertz CT molecular complexity index is 2830. The Morgan fingerprint density at radius 1 is 0.295 bits per heavy atom. The summed E-state index contributed by atoms with van der Waals surface area (Å²) in [4.78, 5) is 0. The average molecular weight is 563 g/mol. The molecule has 0 spiro atoms. The van der Waals surface area contributed by atoms with Crippen LogP contribution in [0.5, 0.6) is 0 Å². The molecule has 0 aliphatic carbocycles. The third-order valence-corrected chi connectivity index (χ3v) is 9.00. The second-order valence-electron chi connectivity index (χ2n) is 11.5. The number of hydrogen-bond donors (Lipinski definition) is 0. The summed E-state index contributed by atoms with van der Waals surface area (Å²) in [6.45, 7) is 0. The maximum absolute atomic E-state index is 9.77. The van der Waals surface area contributed by atoms with Crippen molar-refractivity contribution in [2.75, 3.05) is 0 Å². The number of benzene rings is 10. The lowest BCUT2D eigenvalue weighted by atomic mass is 9.88. The molecule has 0 N–H and O–H groups in total. The molecule has 0 aliphatic rings. The molecule has 0 nitrogen and oxygen atoms in total. The van der Waals surface area contributed by atoms with Crippen LogP contribution in [0.4, 0.5) is 0 Å². The van der Waals surface area contributed by atoms with Gasteiger partial charge in [-0.2, -0.15) is 0 Å². The summed E-state index contributed by atoms with van der Waals surface area (Å²) >= 11 is 0. The van der Waals surface area contributed by atoms with E-state index < -0.39 is 30.2 Å². The molecule has 10 aromatic rings. The lowest BCUT2D eigenvalue weighted by Gasteiger charge is -2.16. The van der Waals surface area contributed by atoms with E-state index in [4.69, 9.17) is 6.85 Å². The summed E-state index contributed by atoms with van der Waals surface area (Å²) in [5.41, 5.74) is 1.28. The second kappa shape index (κ2) is 8.89. The van der Waals surface area contributed by atoms with E-state index in [2.05, 4.69) is 48.5 Å². The van der Waals surface area contributed by atoms with Crippen molar-refractivity contribution in [1.82, 2.24) is 0 Å². The molecule has 0 unspecified atom stereocenters. The molecule has 10 rings (SSSR count).